The third kappa shape index (κ3) is 1.58. The quantitative estimate of drug-likeness (QED) is 0.831. The number of rotatable bonds is 2. The molecule has 2 aromatic heterocycles. The van der Waals surface area contributed by atoms with Crippen LogP contribution < -0.4 is 11.2 Å². The Morgan fingerprint density at radius 1 is 1.33 bits per heavy atom. The maximum absolute atomic E-state index is 12.2. The molecule has 98 valence electrons. The number of H-pyrrole nitrogens is 1. The molecule has 0 unspecified atom stereocenters. The van der Waals surface area contributed by atoms with E-state index >= 15 is 0 Å². The average Bonchev–Trinajstić information content (AvgIpc) is 2.62. The van der Waals surface area contributed by atoms with Gasteiger partial charge in [-0.2, -0.15) is 0 Å². The molecule has 0 bridgehead atoms. The Morgan fingerprint density at radius 3 is 2.44 bits per heavy atom. The Bertz CT molecular complexity index is 775. The summed E-state index contributed by atoms with van der Waals surface area (Å²) in [5.74, 6) is 0. The fraction of sp³-hybridized carbons (Fsp3) is 0.545. The lowest BCUT2D eigenvalue weighted by Gasteiger charge is -2.12. The second-order valence-electron chi connectivity index (χ2n) is 4.48. The first-order valence-corrected chi connectivity index (χ1v) is 6.25. The van der Waals surface area contributed by atoms with Gasteiger partial charge in [0.25, 0.3) is 5.56 Å². The van der Waals surface area contributed by atoms with Crippen LogP contribution in [0.25, 0.3) is 11.2 Å². The molecule has 0 saturated carbocycles. The van der Waals surface area contributed by atoms with E-state index in [1.54, 1.807) is 9.13 Å². The van der Waals surface area contributed by atoms with Crippen LogP contribution in [0.5, 0.6) is 0 Å². The predicted octanol–water partition coefficient (Wildman–Crippen LogP) is 1.16. The molecule has 0 saturated heterocycles. The minimum Gasteiger partial charge on any atom is -0.316 e. The molecular formula is C11H16N4O2S. The van der Waals surface area contributed by atoms with E-state index in [4.69, 9.17) is 12.2 Å². The molecule has 0 radical (unpaired) electrons. The smallest absolute Gasteiger partial charge is 0.316 e. The number of nitrogens with zero attached hydrogens (tertiary/aromatic N) is 3. The van der Waals surface area contributed by atoms with Gasteiger partial charge in [0.2, 0.25) is 0 Å². The second kappa shape index (κ2) is 4.24. The lowest BCUT2D eigenvalue weighted by molar-refractivity contribution is 0.551. The molecule has 18 heavy (non-hydrogen) atoms. The molecule has 0 atom stereocenters. The van der Waals surface area contributed by atoms with Gasteiger partial charge in [-0.15, -0.1) is 0 Å². The zero-order valence-corrected chi connectivity index (χ0v) is 11.7. The van der Waals surface area contributed by atoms with Crippen LogP contribution in [0, 0.1) is 4.77 Å². The highest BCUT2D eigenvalue weighted by molar-refractivity contribution is 7.71. The Morgan fingerprint density at radius 2 is 1.94 bits per heavy atom. The first-order valence-electron chi connectivity index (χ1n) is 5.84. The Kier molecular flexibility index (Phi) is 3.02. The standard InChI is InChI=1S/C11H16N4O2S/c1-5-14-7-8(12-10(14)18)15(6(2)3)11(17)13(4)9(7)16/h6H,5H2,1-4H3,(H,12,18). The molecular weight excluding hydrogens is 252 g/mol. The van der Waals surface area contributed by atoms with Crippen molar-refractivity contribution in [3.8, 4) is 0 Å². The number of aryl methyl sites for hydroxylation is 1. The van der Waals surface area contributed by atoms with Gasteiger partial charge in [0.1, 0.15) is 5.65 Å². The first kappa shape index (κ1) is 12.8. The van der Waals surface area contributed by atoms with Crippen LogP contribution in [0.1, 0.15) is 26.8 Å². The topological polar surface area (TPSA) is 64.7 Å². The second-order valence-corrected chi connectivity index (χ2v) is 4.87. The van der Waals surface area contributed by atoms with Crippen LogP contribution in [0.2, 0.25) is 0 Å². The lowest BCUT2D eigenvalue weighted by atomic mass is 10.3. The van der Waals surface area contributed by atoms with E-state index in [0.29, 0.717) is 22.5 Å². The Balaban J connectivity index is 3.18. The molecule has 0 fully saturated rings. The fourth-order valence-corrected chi connectivity index (χ4v) is 2.45. The maximum Gasteiger partial charge on any atom is 0.332 e. The van der Waals surface area contributed by atoms with Gasteiger partial charge in [-0.1, -0.05) is 0 Å². The molecule has 2 rings (SSSR count). The molecule has 1 N–H and O–H groups in total. The van der Waals surface area contributed by atoms with Crippen molar-refractivity contribution in [2.75, 3.05) is 0 Å². The zero-order valence-electron chi connectivity index (χ0n) is 10.9. The normalized spacial score (nSPS) is 11.6. The van der Waals surface area contributed by atoms with Crippen molar-refractivity contribution in [2.45, 2.75) is 33.4 Å². The van der Waals surface area contributed by atoms with Crippen LogP contribution in [0.15, 0.2) is 9.59 Å². The van der Waals surface area contributed by atoms with Crippen LogP contribution in [0.4, 0.5) is 0 Å². The number of nitrogens with one attached hydrogen (secondary N) is 1. The summed E-state index contributed by atoms with van der Waals surface area (Å²) in [6.07, 6.45) is 0. The monoisotopic (exact) mass is 268 g/mol. The Hall–Kier alpha value is -1.63. The molecule has 0 spiro atoms. The summed E-state index contributed by atoms with van der Waals surface area (Å²) in [5, 5.41) is 0. The van der Waals surface area contributed by atoms with Gasteiger partial charge < -0.3 is 9.55 Å². The molecule has 2 aromatic rings. The summed E-state index contributed by atoms with van der Waals surface area (Å²) < 4.78 is 4.85. The molecule has 0 amide bonds. The van der Waals surface area contributed by atoms with E-state index in [1.807, 2.05) is 20.8 Å². The predicted molar refractivity (Wildman–Crippen MR) is 72.7 cm³/mol. The van der Waals surface area contributed by atoms with Gasteiger partial charge in [-0.25, -0.2) is 4.79 Å². The third-order valence-electron chi connectivity index (χ3n) is 3.04. The van der Waals surface area contributed by atoms with E-state index in [-0.39, 0.29) is 17.3 Å². The van der Waals surface area contributed by atoms with E-state index in [0.717, 1.165) is 4.57 Å². The first-order chi connectivity index (χ1) is 8.40. The van der Waals surface area contributed by atoms with E-state index < -0.39 is 0 Å². The summed E-state index contributed by atoms with van der Waals surface area (Å²) in [6, 6.07) is -0.0508. The van der Waals surface area contributed by atoms with Crippen molar-refractivity contribution in [2.24, 2.45) is 7.05 Å². The summed E-state index contributed by atoms with van der Waals surface area (Å²) in [7, 11) is 1.49. The number of aromatic nitrogens is 4. The highest BCUT2D eigenvalue weighted by atomic mass is 32.1. The number of imidazole rings is 1. The minimum absolute atomic E-state index is 0.0508. The number of hydrogen-bond donors (Lipinski definition) is 1. The largest absolute Gasteiger partial charge is 0.332 e. The van der Waals surface area contributed by atoms with E-state index in [9.17, 15) is 9.59 Å². The molecule has 0 aromatic carbocycles. The van der Waals surface area contributed by atoms with Crippen LogP contribution in [-0.2, 0) is 13.6 Å². The SMILES string of the molecule is CCn1c(=S)[nH]c2c1c(=O)n(C)c(=O)n2C(C)C. The van der Waals surface area contributed by atoms with Gasteiger partial charge >= 0.3 is 5.69 Å². The van der Waals surface area contributed by atoms with Crippen molar-refractivity contribution in [3.05, 3.63) is 25.6 Å². The van der Waals surface area contributed by atoms with Gasteiger partial charge in [-0.05, 0) is 33.0 Å². The number of fused-ring (bicyclic) bond motifs is 1. The minimum atomic E-state index is -0.331. The van der Waals surface area contributed by atoms with Gasteiger partial charge in [0, 0.05) is 19.6 Å². The van der Waals surface area contributed by atoms with Crippen molar-refractivity contribution in [1.82, 2.24) is 18.7 Å². The van der Waals surface area contributed by atoms with Gasteiger partial charge in [0.05, 0.1) is 0 Å². The van der Waals surface area contributed by atoms with E-state index in [2.05, 4.69) is 4.98 Å². The Labute approximate surface area is 108 Å². The summed E-state index contributed by atoms with van der Waals surface area (Å²) in [5.41, 5.74) is 0.311. The average molecular weight is 268 g/mol. The van der Waals surface area contributed by atoms with Crippen molar-refractivity contribution < 1.29 is 0 Å². The fourth-order valence-electron chi connectivity index (χ4n) is 2.13. The van der Waals surface area contributed by atoms with Crippen molar-refractivity contribution in [1.29, 1.82) is 0 Å². The highest BCUT2D eigenvalue weighted by Crippen LogP contribution is 2.12. The highest BCUT2D eigenvalue weighted by Gasteiger charge is 2.17. The van der Waals surface area contributed by atoms with Crippen molar-refractivity contribution >= 4 is 23.4 Å². The number of aromatic amines is 1. The zero-order chi connectivity index (χ0) is 13.6. The lowest BCUT2D eigenvalue weighted by Crippen LogP contribution is -2.39. The van der Waals surface area contributed by atoms with Gasteiger partial charge in [0.15, 0.2) is 10.3 Å². The molecule has 6 nitrogen and oxygen atoms in total. The molecule has 0 aliphatic heterocycles. The van der Waals surface area contributed by atoms with Gasteiger partial charge in [-0.3, -0.25) is 13.9 Å². The third-order valence-corrected chi connectivity index (χ3v) is 3.36. The van der Waals surface area contributed by atoms with Crippen LogP contribution >= 0.6 is 12.2 Å². The van der Waals surface area contributed by atoms with Crippen LogP contribution in [0.3, 0.4) is 0 Å². The molecule has 0 aliphatic rings. The maximum atomic E-state index is 12.2. The van der Waals surface area contributed by atoms with Crippen molar-refractivity contribution in [3.63, 3.8) is 0 Å². The summed E-state index contributed by atoms with van der Waals surface area (Å²) in [4.78, 5) is 27.3. The summed E-state index contributed by atoms with van der Waals surface area (Å²) >= 11 is 5.19. The van der Waals surface area contributed by atoms with E-state index in [1.165, 1.54) is 7.05 Å². The molecule has 7 heteroatoms. The molecule has 2 heterocycles. The van der Waals surface area contributed by atoms with Crippen LogP contribution in [-0.4, -0.2) is 18.7 Å². The summed E-state index contributed by atoms with van der Waals surface area (Å²) in [6.45, 7) is 6.29. The number of hydrogen-bond acceptors (Lipinski definition) is 3. The molecule has 0 aliphatic carbocycles.